The number of benzene rings is 1. The first kappa shape index (κ1) is 15.4. The van der Waals surface area contributed by atoms with Gasteiger partial charge in [-0.15, -0.1) is 0 Å². The summed E-state index contributed by atoms with van der Waals surface area (Å²) in [7, 11) is -2.97. The Hall–Kier alpha value is -0.940. The fourth-order valence-corrected chi connectivity index (χ4v) is 4.09. The molecule has 0 spiro atoms. The first-order valence-corrected chi connectivity index (χ1v) is 9.02. The molecule has 2 unspecified atom stereocenters. The van der Waals surface area contributed by atoms with E-state index >= 15 is 0 Å². The molecule has 20 heavy (non-hydrogen) atoms. The van der Waals surface area contributed by atoms with Crippen molar-refractivity contribution in [3.8, 4) is 0 Å². The molecule has 0 heterocycles. The fourth-order valence-electron chi connectivity index (χ4n) is 2.91. The van der Waals surface area contributed by atoms with E-state index in [2.05, 4.69) is 5.32 Å². The minimum absolute atomic E-state index is 0.0222. The Morgan fingerprint density at radius 2 is 2.10 bits per heavy atom. The second-order valence-corrected chi connectivity index (χ2v) is 8.08. The van der Waals surface area contributed by atoms with Crippen LogP contribution in [0.3, 0.4) is 0 Å². The first-order valence-electron chi connectivity index (χ1n) is 7.06. The van der Waals surface area contributed by atoms with Gasteiger partial charge in [0.05, 0.1) is 5.25 Å². The summed E-state index contributed by atoms with van der Waals surface area (Å²) in [6.07, 6.45) is 4.62. The third-order valence-corrected chi connectivity index (χ3v) is 5.71. The molecule has 112 valence electrons. The third-order valence-electron chi connectivity index (χ3n) is 4.07. The van der Waals surface area contributed by atoms with Gasteiger partial charge >= 0.3 is 0 Å². The van der Waals surface area contributed by atoms with Crippen molar-refractivity contribution in [1.29, 1.82) is 0 Å². The van der Waals surface area contributed by atoms with Crippen LogP contribution in [0.1, 0.15) is 44.2 Å². The molecule has 0 bridgehead atoms. The summed E-state index contributed by atoms with van der Waals surface area (Å²) in [5.41, 5.74) is 0.895. The van der Waals surface area contributed by atoms with Gasteiger partial charge in [-0.25, -0.2) is 12.8 Å². The van der Waals surface area contributed by atoms with Crippen LogP contribution in [0.25, 0.3) is 0 Å². The molecule has 2 rings (SSSR count). The molecular formula is C15H22FNO2S. The maximum absolute atomic E-state index is 13.2. The van der Waals surface area contributed by atoms with Gasteiger partial charge in [0.2, 0.25) is 0 Å². The van der Waals surface area contributed by atoms with Crippen molar-refractivity contribution in [3.63, 3.8) is 0 Å². The molecule has 1 fully saturated rings. The van der Waals surface area contributed by atoms with Crippen molar-refractivity contribution in [2.45, 2.75) is 49.9 Å². The number of hydrogen-bond donors (Lipinski definition) is 1. The van der Waals surface area contributed by atoms with Gasteiger partial charge in [0.25, 0.3) is 0 Å². The largest absolute Gasteiger partial charge is 0.307 e. The molecule has 3 nitrogen and oxygen atoms in total. The van der Waals surface area contributed by atoms with E-state index in [4.69, 9.17) is 0 Å². The lowest BCUT2D eigenvalue weighted by molar-refractivity contribution is 0.346. The predicted octanol–water partition coefficient (Wildman–Crippen LogP) is 2.83. The second-order valence-electron chi connectivity index (χ2n) is 5.76. The quantitative estimate of drug-likeness (QED) is 0.930. The normalized spacial score (nSPS) is 25.4. The molecule has 0 amide bonds. The van der Waals surface area contributed by atoms with E-state index in [9.17, 15) is 12.8 Å². The lowest BCUT2D eigenvalue weighted by Crippen LogP contribution is -2.39. The number of sulfone groups is 1. The highest BCUT2D eigenvalue weighted by molar-refractivity contribution is 7.91. The Morgan fingerprint density at radius 1 is 1.35 bits per heavy atom. The standard InChI is InChI=1S/C15H22FNO2S/c1-11(12-5-3-6-13(16)9-12)17-14-7-4-8-15(10-14)20(2,18)19/h3,5-6,9,11,14-15,17H,4,7-8,10H2,1-2H3/t11-,14?,15?/m1/s1. The van der Waals surface area contributed by atoms with Gasteiger partial charge in [-0.2, -0.15) is 0 Å². The van der Waals surface area contributed by atoms with Gasteiger partial charge in [0.15, 0.2) is 0 Å². The third kappa shape index (κ3) is 4.03. The maximum atomic E-state index is 13.2. The highest BCUT2D eigenvalue weighted by atomic mass is 32.2. The highest BCUT2D eigenvalue weighted by Crippen LogP contribution is 2.26. The molecule has 1 aromatic rings. The monoisotopic (exact) mass is 299 g/mol. The van der Waals surface area contributed by atoms with Gasteiger partial charge in [-0.3, -0.25) is 0 Å². The minimum Gasteiger partial charge on any atom is -0.307 e. The van der Waals surface area contributed by atoms with Crippen LogP contribution in [0.4, 0.5) is 4.39 Å². The van der Waals surface area contributed by atoms with E-state index in [0.717, 1.165) is 24.8 Å². The lowest BCUT2D eigenvalue weighted by Gasteiger charge is -2.31. The van der Waals surface area contributed by atoms with Crippen molar-refractivity contribution in [2.75, 3.05) is 6.26 Å². The number of hydrogen-bond acceptors (Lipinski definition) is 3. The Balaban J connectivity index is 1.99. The van der Waals surface area contributed by atoms with Gasteiger partial charge in [-0.1, -0.05) is 18.6 Å². The second kappa shape index (κ2) is 6.22. The van der Waals surface area contributed by atoms with Gasteiger partial charge in [0, 0.05) is 18.3 Å². The van der Waals surface area contributed by atoms with E-state index in [-0.39, 0.29) is 23.2 Å². The molecule has 0 aromatic heterocycles. The van der Waals surface area contributed by atoms with Gasteiger partial charge < -0.3 is 5.32 Å². The van der Waals surface area contributed by atoms with E-state index in [1.165, 1.54) is 18.4 Å². The zero-order valence-electron chi connectivity index (χ0n) is 12.0. The van der Waals surface area contributed by atoms with E-state index in [1.54, 1.807) is 6.07 Å². The molecule has 0 saturated heterocycles. The Kier molecular flexibility index (Phi) is 4.81. The van der Waals surface area contributed by atoms with Crippen LogP contribution in [0, 0.1) is 5.82 Å². The molecule has 1 aliphatic carbocycles. The summed E-state index contributed by atoms with van der Waals surface area (Å²) >= 11 is 0. The van der Waals surface area contributed by atoms with E-state index < -0.39 is 9.84 Å². The molecule has 1 aromatic carbocycles. The Morgan fingerprint density at radius 3 is 2.75 bits per heavy atom. The smallest absolute Gasteiger partial charge is 0.150 e. The van der Waals surface area contributed by atoms with Crippen molar-refractivity contribution in [2.24, 2.45) is 0 Å². The average Bonchev–Trinajstić information content (AvgIpc) is 2.38. The Bertz CT molecular complexity index is 559. The molecular weight excluding hydrogens is 277 g/mol. The van der Waals surface area contributed by atoms with Crippen LogP contribution < -0.4 is 5.32 Å². The molecule has 5 heteroatoms. The van der Waals surface area contributed by atoms with Crippen LogP contribution >= 0.6 is 0 Å². The number of rotatable bonds is 4. The first-order chi connectivity index (χ1) is 9.36. The van der Waals surface area contributed by atoms with Crippen LogP contribution in [0.2, 0.25) is 0 Å². The van der Waals surface area contributed by atoms with Gasteiger partial charge in [0.1, 0.15) is 15.7 Å². The van der Waals surface area contributed by atoms with Crippen LogP contribution in [0.15, 0.2) is 24.3 Å². The topological polar surface area (TPSA) is 46.2 Å². The van der Waals surface area contributed by atoms with Crippen molar-refractivity contribution in [3.05, 3.63) is 35.6 Å². The summed E-state index contributed by atoms with van der Waals surface area (Å²) in [4.78, 5) is 0. The van der Waals surface area contributed by atoms with Crippen LogP contribution in [-0.2, 0) is 9.84 Å². The molecule has 1 aliphatic rings. The summed E-state index contributed by atoms with van der Waals surface area (Å²) in [5, 5.41) is 3.19. The maximum Gasteiger partial charge on any atom is 0.150 e. The van der Waals surface area contributed by atoms with Crippen molar-refractivity contribution < 1.29 is 12.8 Å². The minimum atomic E-state index is -2.97. The summed E-state index contributed by atoms with van der Waals surface area (Å²) in [5.74, 6) is -0.242. The number of nitrogens with one attached hydrogen (secondary N) is 1. The Labute approximate surface area is 120 Å². The predicted molar refractivity (Wildman–Crippen MR) is 78.8 cm³/mol. The molecule has 1 saturated carbocycles. The zero-order chi connectivity index (χ0) is 14.8. The van der Waals surface area contributed by atoms with Crippen molar-refractivity contribution in [1.82, 2.24) is 5.32 Å². The van der Waals surface area contributed by atoms with E-state index in [0.29, 0.717) is 6.42 Å². The lowest BCUT2D eigenvalue weighted by atomic mass is 9.93. The summed E-state index contributed by atoms with van der Waals surface area (Å²) in [6, 6.07) is 6.74. The molecule has 0 radical (unpaired) electrons. The SMILES string of the molecule is C[C@@H](NC1CCCC(S(C)(=O)=O)C1)c1cccc(F)c1. The highest BCUT2D eigenvalue weighted by Gasteiger charge is 2.29. The zero-order valence-corrected chi connectivity index (χ0v) is 12.8. The van der Waals surface area contributed by atoms with Crippen LogP contribution in [-0.4, -0.2) is 26.0 Å². The van der Waals surface area contributed by atoms with Gasteiger partial charge in [-0.05, 0) is 43.9 Å². The summed E-state index contributed by atoms with van der Waals surface area (Å²) < 4.78 is 36.5. The average molecular weight is 299 g/mol. The fraction of sp³-hybridized carbons (Fsp3) is 0.600. The van der Waals surface area contributed by atoms with E-state index in [1.807, 2.05) is 13.0 Å². The van der Waals surface area contributed by atoms with Crippen LogP contribution in [0.5, 0.6) is 0 Å². The number of halogens is 1. The van der Waals surface area contributed by atoms with Crippen molar-refractivity contribution >= 4 is 9.84 Å². The molecule has 3 atom stereocenters. The molecule has 1 N–H and O–H groups in total. The molecule has 0 aliphatic heterocycles. The summed E-state index contributed by atoms with van der Waals surface area (Å²) in [6.45, 7) is 1.98.